The Bertz CT molecular complexity index is 534. The van der Waals surface area contributed by atoms with Crippen LogP contribution in [0.5, 0.6) is 0 Å². The van der Waals surface area contributed by atoms with Gasteiger partial charge in [-0.3, -0.25) is 14.6 Å². The first-order valence-corrected chi connectivity index (χ1v) is 7.34. The SMILES string of the molecule is COC(=O)C1CCC(NC(=O)c2ccc(C)nc2C)CC1. The minimum Gasteiger partial charge on any atom is -0.469 e. The fourth-order valence-electron chi connectivity index (χ4n) is 2.83. The van der Waals surface area contributed by atoms with E-state index in [1.807, 2.05) is 26.0 Å². The second kappa shape index (κ2) is 6.70. The van der Waals surface area contributed by atoms with Gasteiger partial charge in [0.2, 0.25) is 0 Å². The summed E-state index contributed by atoms with van der Waals surface area (Å²) in [6.45, 7) is 3.75. The van der Waals surface area contributed by atoms with Crippen molar-refractivity contribution in [2.45, 2.75) is 45.6 Å². The first-order chi connectivity index (χ1) is 10.0. The highest BCUT2D eigenvalue weighted by atomic mass is 16.5. The molecule has 0 aliphatic heterocycles. The highest BCUT2D eigenvalue weighted by Gasteiger charge is 2.28. The smallest absolute Gasteiger partial charge is 0.308 e. The van der Waals surface area contributed by atoms with Crippen LogP contribution in [0.15, 0.2) is 12.1 Å². The predicted octanol–water partition coefficient (Wildman–Crippen LogP) is 2.16. The number of carbonyl (C=O) groups excluding carboxylic acids is 2. The normalized spacial score (nSPS) is 21.7. The second-order valence-electron chi connectivity index (χ2n) is 5.63. The zero-order chi connectivity index (χ0) is 15.4. The quantitative estimate of drug-likeness (QED) is 0.866. The van der Waals surface area contributed by atoms with E-state index >= 15 is 0 Å². The number of rotatable bonds is 3. The molecular weight excluding hydrogens is 268 g/mol. The second-order valence-corrected chi connectivity index (χ2v) is 5.63. The van der Waals surface area contributed by atoms with Gasteiger partial charge in [0.05, 0.1) is 24.3 Å². The lowest BCUT2D eigenvalue weighted by Crippen LogP contribution is -2.39. The summed E-state index contributed by atoms with van der Waals surface area (Å²) < 4.78 is 4.77. The average molecular weight is 290 g/mol. The zero-order valence-electron chi connectivity index (χ0n) is 12.8. The molecule has 5 heteroatoms. The number of amides is 1. The molecule has 1 saturated carbocycles. The van der Waals surface area contributed by atoms with Gasteiger partial charge in [-0.05, 0) is 51.7 Å². The van der Waals surface area contributed by atoms with Gasteiger partial charge < -0.3 is 10.1 Å². The highest BCUT2D eigenvalue weighted by molar-refractivity contribution is 5.95. The molecule has 0 aromatic carbocycles. The summed E-state index contributed by atoms with van der Waals surface area (Å²) >= 11 is 0. The number of aromatic nitrogens is 1. The van der Waals surface area contributed by atoms with E-state index in [2.05, 4.69) is 10.3 Å². The molecule has 0 saturated heterocycles. The van der Waals surface area contributed by atoms with E-state index in [4.69, 9.17) is 4.74 Å². The lowest BCUT2D eigenvalue weighted by Gasteiger charge is -2.27. The van der Waals surface area contributed by atoms with Crippen molar-refractivity contribution in [3.05, 3.63) is 29.1 Å². The molecule has 0 atom stereocenters. The Hall–Kier alpha value is -1.91. The highest BCUT2D eigenvalue weighted by Crippen LogP contribution is 2.25. The molecule has 5 nitrogen and oxygen atoms in total. The van der Waals surface area contributed by atoms with Crippen LogP contribution in [0.2, 0.25) is 0 Å². The molecular formula is C16H22N2O3. The summed E-state index contributed by atoms with van der Waals surface area (Å²) in [6.07, 6.45) is 3.15. The number of carbonyl (C=O) groups is 2. The van der Waals surface area contributed by atoms with Crippen LogP contribution in [0, 0.1) is 19.8 Å². The molecule has 1 heterocycles. The monoisotopic (exact) mass is 290 g/mol. The number of ether oxygens (including phenoxy) is 1. The fraction of sp³-hybridized carbons (Fsp3) is 0.562. The summed E-state index contributed by atoms with van der Waals surface area (Å²) in [7, 11) is 1.42. The maximum Gasteiger partial charge on any atom is 0.308 e. The van der Waals surface area contributed by atoms with Gasteiger partial charge in [0.15, 0.2) is 0 Å². The Kier molecular flexibility index (Phi) is 4.94. The Morgan fingerprint density at radius 2 is 1.86 bits per heavy atom. The molecule has 114 valence electrons. The van der Waals surface area contributed by atoms with Crippen LogP contribution in [0.1, 0.15) is 47.4 Å². The molecule has 1 fully saturated rings. The molecule has 0 bridgehead atoms. The van der Waals surface area contributed by atoms with Crippen molar-refractivity contribution in [3.63, 3.8) is 0 Å². The summed E-state index contributed by atoms with van der Waals surface area (Å²) in [5.74, 6) is -0.245. The van der Waals surface area contributed by atoms with Crippen molar-refractivity contribution >= 4 is 11.9 Å². The number of aryl methyl sites for hydroxylation is 2. The lowest BCUT2D eigenvalue weighted by atomic mass is 9.86. The first kappa shape index (κ1) is 15.5. The number of hydrogen-bond donors (Lipinski definition) is 1. The van der Waals surface area contributed by atoms with Crippen molar-refractivity contribution in [1.82, 2.24) is 10.3 Å². The molecule has 1 N–H and O–H groups in total. The van der Waals surface area contributed by atoms with Gasteiger partial charge in [-0.2, -0.15) is 0 Å². The molecule has 1 aromatic rings. The predicted molar refractivity (Wildman–Crippen MR) is 78.9 cm³/mol. The van der Waals surface area contributed by atoms with Gasteiger partial charge in [0.25, 0.3) is 5.91 Å². The number of pyridine rings is 1. The number of nitrogens with zero attached hydrogens (tertiary/aromatic N) is 1. The third kappa shape index (κ3) is 3.80. The minimum absolute atomic E-state index is 0.0223. The molecule has 1 amide bonds. The van der Waals surface area contributed by atoms with Crippen LogP contribution in [0.25, 0.3) is 0 Å². The zero-order valence-corrected chi connectivity index (χ0v) is 12.8. The van der Waals surface area contributed by atoms with Crippen molar-refractivity contribution in [1.29, 1.82) is 0 Å². The molecule has 1 aromatic heterocycles. The molecule has 21 heavy (non-hydrogen) atoms. The van der Waals surface area contributed by atoms with Gasteiger partial charge >= 0.3 is 5.97 Å². The van der Waals surface area contributed by atoms with E-state index in [-0.39, 0.29) is 23.8 Å². The average Bonchev–Trinajstić information content (AvgIpc) is 2.47. The van der Waals surface area contributed by atoms with Crippen LogP contribution >= 0.6 is 0 Å². The Labute approximate surface area is 125 Å². The molecule has 2 rings (SSSR count). The summed E-state index contributed by atoms with van der Waals surface area (Å²) in [4.78, 5) is 28.1. The van der Waals surface area contributed by atoms with E-state index in [1.165, 1.54) is 7.11 Å². The van der Waals surface area contributed by atoms with Crippen LogP contribution in [0.3, 0.4) is 0 Å². The van der Waals surface area contributed by atoms with Gasteiger partial charge in [-0.1, -0.05) is 0 Å². The summed E-state index contributed by atoms with van der Waals surface area (Å²) in [6, 6.07) is 3.78. The van der Waals surface area contributed by atoms with E-state index in [0.717, 1.165) is 37.1 Å². The van der Waals surface area contributed by atoms with Crippen LogP contribution in [-0.4, -0.2) is 30.0 Å². The minimum atomic E-state index is -0.140. The number of methoxy groups -OCH3 is 1. The van der Waals surface area contributed by atoms with Crippen LogP contribution in [0.4, 0.5) is 0 Å². The van der Waals surface area contributed by atoms with Crippen LogP contribution < -0.4 is 5.32 Å². The first-order valence-electron chi connectivity index (χ1n) is 7.34. The number of nitrogens with one attached hydrogen (secondary N) is 1. The largest absolute Gasteiger partial charge is 0.469 e. The third-order valence-corrected chi connectivity index (χ3v) is 4.07. The number of hydrogen-bond acceptors (Lipinski definition) is 4. The Morgan fingerprint density at radius 3 is 2.43 bits per heavy atom. The topological polar surface area (TPSA) is 68.3 Å². The van der Waals surface area contributed by atoms with E-state index in [9.17, 15) is 9.59 Å². The maximum absolute atomic E-state index is 12.3. The lowest BCUT2D eigenvalue weighted by molar-refractivity contribution is -0.146. The number of esters is 1. The van der Waals surface area contributed by atoms with Crippen molar-refractivity contribution in [2.75, 3.05) is 7.11 Å². The van der Waals surface area contributed by atoms with Crippen molar-refractivity contribution < 1.29 is 14.3 Å². The third-order valence-electron chi connectivity index (χ3n) is 4.07. The van der Waals surface area contributed by atoms with Gasteiger partial charge in [0, 0.05) is 11.7 Å². The van der Waals surface area contributed by atoms with Crippen molar-refractivity contribution in [3.8, 4) is 0 Å². The van der Waals surface area contributed by atoms with Gasteiger partial charge in [0.1, 0.15) is 0 Å². The van der Waals surface area contributed by atoms with E-state index in [1.54, 1.807) is 0 Å². The van der Waals surface area contributed by atoms with E-state index in [0.29, 0.717) is 5.56 Å². The van der Waals surface area contributed by atoms with Crippen molar-refractivity contribution in [2.24, 2.45) is 5.92 Å². The van der Waals surface area contributed by atoms with Crippen LogP contribution in [-0.2, 0) is 9.53 Å². The molecule has 1 aliphatic carbocycles. The molecule has 0 spiro atoms. The molecule has 0 radical (unpaired) electrons. The standard InChI is InChI=1S/C16H22N2O3/c1-10-4-9-14(11(2)17-10)15(19)18-13-7-5-12(6-8-13)16(20)21-3/h4,9,12-13H,5-8H2,1-3H3,(H,18,19). The molecule has 0 unspecified atom stereocenters. The maximum atomic E-state index is 12.3. The Morgan fingerprint density at radius 1 is 1.19 bits per heavy atom. The molecule has 1 aliphatic rings. The van der Waals surface area contributed by atoms with Gasteiger partial charge in [-0.15, -0.1) is 0 Å². The van der Waals surface area contributed by atoms with Gasteiger partial charge in [-0.25, -0.2) is 0 Å². The summed E-state index contributed by atoms with van der Waals surface area (Å²) in [5, 5.41) is 3.04. The Balaban J connectivity index is 1.91. The fourth-order valence-corrected chi connectivity index (χ4v) is 2.83. The summed E-state index contributed by atoms with van der Waals surface area (Å²) in [5.41, 5.74) is 2.27. The van der Waals surface area contributed by atoms with E-state index < -0.39 is 0 Å².